The Bertz CT molecular complexity index is 463. The highest BCUT2D eigenvalue weighted by Crippen LogP contribution is 2.28. The quantitative estimate of drug-likeness (QED) is 0.722. The molecule has 5 heteroatoms. The first kappa shape index (κ1) is 17.8. The molecule has 1 aromatic carbocycles. The van der Waals surface area contributed by atoms with Crippen LogP contribution in [0.25, 0.3) is 0 Å². The van der Waals surface area contributed by atoms with Gasteiger partial charge in [0.2, 0.25) is 0 Å². The summed E-state index contributed by atoms with van der Waals surface area (Å²) in [7, 11) is 0. The summed E-state index contributed by atoms with van der Waals surface area (Å²) in [5, 5.41) is 2.92. The first-order valence-electron chi connectivity index (χ1n) is 7.31. The molecule has 0 aliphatic carbocycles. The lowest BCUT2D eigenvalue weighted by atomic mass is 10.1. The molecule has 21 heavy (non-hydrogen) atoms. The van der Waals surface area contributed by atoms with Crippen LogP contribution in [-0.2, 0) is 0 Å². The molecular weight excluding hydrogens is 334 g/mol. The van der Waals surface area contributed by atoms with Gasteiger partial charge in [-0.05, 0) is 38.0 Å². The Morgan fingerprint density at radius 2 is 1.81 bits per heavy atom. The van der Waals surface area contributed by atoms with Crippen LogP contribution in [0.5, 0.6) is 11.5 Å². The molecule has 0 radical (unpaired) electrons. The fraction of sp³-hybridized carbons (Fsp3) is 0.562. The van der Waals surface area contributed by atoms with E-state index in [1.54, 1.807) is 18.2 Å². The van der Waals surface area contributed by atoms with Crippen LogP contribution in [0, 0.1) is 5.92 Å². The van der Waals surface area contributed by atoms with Crippen molar-refractivity contribution in [2.75, 3.05) is 19.8 Å². The second kappa shape index (κ2) is 8.93. The number of hydrogen-bond acceptors (Lipinski definition) is 3. The van der Waals surface area contributed by atoms with Crippen LogP contribution in [-0.4, -0.2) is 30.5 Å². The summed E-state index contributed by atoms with van der Waals surface area (Å²) < 4.78 is 11.0. The molecule has 1 atom stereocenters. The summed E-state index contributed by atoms with van der Waals surface area (Å²) in [5.41, 5.74) is 0.574. The summed E-state index contributed by atoms with van der Waals surface area (Å²) in [5.74, 6) is 1.62. The van der Waals surface area contributed by atoms with Gasteiger partial charge >= 0.3 is 0 Å². The molecule has 1 rings (SSSR count). The molecule has 0 aromatic heterocycles. The summed E-state index contributed by atoms with van der Waals surface area (Å²) >= 11 is 3.56. The van der Waals surface area contributed by atoms with Crippen molar-refractivity contribution in [1.82, 2.24) is 5.32 Å². The zero-order chi connectivity index (χ0) is 15.8. The van der Waals surface area contributed by atoms with Crippen LogP contribution in [0.2, 0.25) is 0 Å². The molecule has 0 fully saturated rings. The highest BCUT2D eigenvalue weighted by atomic mass is 79.9. The molecule has 0 heterocycles. The third-order valence-electron chi connectivity index (χ3n) is 2.99. The smallest absolute Gasteiger partial charge is 0.251 e. The summed E-state index contributed by atoms with van der Waals surface area (Å²) in [6.07, 6.45) is 0. The molecule has 4 nitrogen and oxygen atoms in total. The Hall–Kier alpha value is -1.23. The maximum Gasteiger partial charge on any atom is 0.251 e. The molecule has 0 spiro atoms. The minimum absolute atomic E-state index is 0.107. The van der Waals surface area contributed by atoms with Crippen LogP contribution >= 0.6 is 15.9 Å². The maximum absolute atomic E-state index is 12.2. The second-order valence-electron chi connectivity index (χ2n) is 5.00. The number of rotatable bonds is 8. The number of halogens is 1. The topological polar surface area (TPSA) is 47.6 Å². The van der Waals surface area contributed by atoms with E-state index < -0.39 is 0 Å². The Morgan fingerprint density at radius 3 is 2.38 bits per heavy atom. The minimum atomic E-state index is -0.107. The highest BCUT2D eigenvalue weighted by molar-refractivity contribution is 9.09. The van der Waals surface area contributed by atoms with Gasteiger partial charge in [-0.15, -0.1) is 0 Å². The number of alkyl halides is 1. The average Bonchev–Trinajstić information content (AvgIpc) is 2.46. The number of carbonyl (C=O) groups excluding carboxylic acids is 1. The standard InChI is InChI=1S/C16H24BrNO3/c1-5-20-14-8-7-12(9-15(14)21-6-2)16(19)18-10-13(17)11(3)4/h7-9,11,13H,5-6,10H2,1-4H3,(H,18,19). The van der Waals surface area contributed by atoms with E-state index in [1.165, 1.54) is 0 Å². The first-order chi connectivity index (χ1) is 9.99. The summed E-state index contributed by atoms with van der Waals surface area (Å²) in [6, 6.07) is 5.25. The zero-order valence-corrected chi connectivity index (χ0v) is 14.7. The number of hydrogen-bond donors (Lipinski definition) is 1. The lowest BCUT2D eigenvalue weighted by Crippen LogP contribution is -2.31. The van der Waals surface area contributed by atoms with Gasteiger partial charge in [-0.1, -0.05) is 29.8 Å². The largest absolute Gasteiger partial charge is 0.490 e. The SMILES string of the molecule is CCOc1ccc(C(=O)NCC(Br)C(C)C)cc1OCC. The second-order valence-corrected chi connectivity index (χ2v) is 6.17. The third-order valence-corrected chi connectivity index (χ3v) is 4.37. The molecule has 0 saturated carbocycles. The van der Waals surface area contributed by atoms with E-state index in [0.29, 0.717) is 42.7 Å². The van der Waals surface area contributed by atoms with Gasteiger partial charge in [0.1, 0.15) is 0 Å². The lowest BCUT2D eigenvalue weighted by molar-refractivity contribution is 0.0952. The predicted molar refractivity (Wildman–Crippen MR) is 88.7 cm³/mol. The molecule has 118 valence electrons. The number of benzene rings is 1. The monoisotopic (exact) mass is 357 g/mol. The van der Waals surface area contributed by atoms with Gasteiger partial charge in [0.15, 0.2) is 11.5 Å². The Balaban J connectivity index is 2.78. The Labute approximate surface area is 135 Å². The van der Waals surface area contributed by atoms with Gasteiger partial charge in [-0.25, -0.2) is 0 Å². The Morgan fingerprint density at radius 1 is 1.19 bits per heavy atom. The fourth-order valence-electron chi connectivity index (χ4n) is 1.72. The van der Waals surface area contributed by atoms with E-state index in [1.807, 2.05) is 13.8 Å². The van der Waals surface area contributed by atoms with Crippen molar-refractivity contribution in [3.63, 3.8) is 0 Å². The van der Waals surface area contributed by atoms with Crippen molar-refractivity contribution >= 4 is 21.8 Å². The highest BCUT2D eigenvalue weighted by Gasteiger charge is 2.14. The molecule has 0 aliphatic heterocycles. The van der Waals surface area contributed by atoms with Crippen LogP contribution in [0.1, 0.15) is 38.1 Å². The van der Waals surface area contributed by atoms with Crippen LogP contribution in [0.3, 0.4) is 0 Å². The van der Waals surface area contributed by atoms with Crippen molar-refractivity contribution in [3.05, 3.63) is 23.8 Å². The fourth-order valence-corrected chi connectivity index (χ4v) is 1.88. The van der Waals surface area contributed by atoms with Crippen LogP contribution in [0.4, 0.5) is 0 Å². The number of ether oxygens (including phenoxy) is 2. The molecule has 0 aliphatic rings. The maximum atomic E-state index is 12.2. The van der Waals surface area contributed by atoms with E-state index in [-0.39, 0.29) is 10.7 Å². The van der Waals surface area contributed by atoms with Crippen molar-refractivity contribution < 1.29 is 14.3 Å². The molecule has 1 unspecified atom stereocenters. The molecule has 1 aromatic rings. The van der Waals surface area contributed by atoms with Gasteiger partial charge in [-0.3, -0.25) is 4.79 Å². The van der Waals surface area contributed by atoms with Gasteiger partial charge < -0.3 is 14.8 Å². The van der Waals surface area contributed by atoms with E-state index >= 15 is 0 Å². The van der Waals surface area contributed by atoms with Gasteiger partial charge in [0.25, 0.3) is 5.91 Å². The lowest BCUT2D eigenvalue weighted by Gasteiger charge is -2.15. The molecule has 1 amide bonds. The third kappa shape index (κ3) is 5.58. The normalized spacial score (nSPS) is 12.1. The van der Waals surface area contributed by atoms with E-state index in [0.717, 1.165) is 0 Å². The van der Waals surface area contributed by atoms with E-state index in [4.69, 9.17) is 9.47 Å². The van der Waals surface area contributed by atoms with Crippen molar-refractivity contribution in [1.29, 1.82) is 0 Å². The van der Waals surface area contributed by atoms with Gasteiger partial charge in [-0.2, -0.15) is 0 Å². The van der Waals surface area contributed by atoms with Crippen molar-refractivity contribution in [2.24, 2.45) is 5.92 Å². The van der Waals surface area contributed by atoms with E-state index in [9.17, 15) is 4.79 Å². The average molecular weight is 358 g/mol. The van der Waals surface area contributed by atoms with Gasteiger partial charge in [0, 0.05) is 16.9 Å². The minimum Gasteiger partial charge on any atom is -0.490 e. The van der Waals surface area contributed by atoms with E-state index in [2.05, 4.69) is 35.1 Å². The van der Waals surface area contributed by atoms with Gasteiger partial charge in [0.05, 0.1) is 13.2 Å². The number of nitrogens with one attached hydrogen (secondary N) is 1. The summed E-state index contributed by atoms with van der Waals surface area (Å²) in [4.78, 5) is 12.4. The first-order valence-corrected chi connectivity index (χ1v) is 8.23. The van der Waals surface area contributed by atoms with Crippen LogP contribution in [0.15, 0.2) is 18.2 Å². The van der Waals surface area contributed by atoms with Crippen LogP contribution < -0.4 is 14.8 Å². The van der Waals surface area contributed by atoms with Crippen molar-refractivity contribution in [3.8, 4) is 11.5 Å². The Kier molecular flexibility index (Phi) is 7.57. The molecule has 0 saturated heterocycles. The summed E-state index contributed by atoms with van der Waals surface area (Å²) in [6.45, 7) is 9.71. The van der Waals surface area contributed by atoms with Crippen molar-refractivity contribution in [2.45, 2.75) is 32.5 Å². The zero-order valence-electron chi connectivity index (χ0n) is 13.1. The number of carbonyl (C=O) groups is 1. The molecule has 0 bridgehead atoms. The molecular formula is C16H24BrNO3. The molecule has 1 N–H and O–H groups in total. The predicted octanol–water partition coefficient (Wildman–Crippen LogP) is 3.63. The number of amides is 1.